The highest BCUT2D eigenvalue weighted by molar-refractivity contribution is 6.76. The molecule has 0 aliphatic carbocycles. The predicted octanol–water partition coefficient (Wildman–Crippen LogP) is 7.58. The molecule has 1 heterocycles. The number of nitrogens with zero attached hydrogens (tertiary/aromatic N) is 2. The van der Waals surface area contributed by atoms with Crippen molar-refractivity contribution >= 4 is 36.7 Å². The van der Waals surface area contributed by atoms with E-state index < -0.39 is 8.07 Å². The summed E-state index contributed by atoms with van der Waals surface area (Å²) >= 11 is 0. The van der Waals surface area contributed by atoms with Crippen LogP contribution in [-0.2, 0) is 11.5 Å². The summed E-state index contributed by atoms with van der Waals surface area (Å²) in [5.74, 6) is 0. The Morgan fingerprint density at radius 3 is 2.30 bits per heavy atom. The lowest BCUT2D eigenvalue weighted by molar-refractivity contribution is 0.0816. The minimum atomic E-state index is -1.13. The fourth-order valence-corrected chi connectivity index (χ4v) is 4.44. The molecule has 3 nitrogen and oxygen atoms in total. The van der Waals surface area contributed by atoms with Crippen LogP contribution in [0, 0.1) is 0 Å². The van der Waals surface area contributed by atoms with Gasteiger partial charge in [0.25, 0.3) is 0 Å². The molecule has 0 N–H and O–H groups in total. The molecule has 1 aromatic heterocycles. The van der Waals surface area contributed by atoms with E-state index >= 15 is 0 Å². The van der Waals surface area contributed by atoms with E-state index in [1.807, 2.05) is 41.1 Å². The average Bonchev–Trinajstić information content (AvgIpc) is 3.17. The van der Waals surface area contributed by atoms with Gasteiger partial charge in [-0.05, 0) is 46.5 Å². The van der Waals surface area contributed by atoms with Crippen molar-refractivity contribution in [2.75, 3.05) is 6.61 Å². The molecule has 0 saturated heterocycles. The topological polar surface area (TPSA) is 27.1 Å². The Kier molecular flexibility index (Phi) is 7.07. The summed E-state index contributed by atoms with van der Waals surface area (Å²) in [4.78, 5) is 0. The van der Waals surface area contributed by atoms with Gasteiger partial charge in [-0.2, -0.15) is 5.10 Å². The maximum atomic E-state index is 6.05. The highest BCUT2D eigenvalue weighted by atomic mass is 28.3. The van der Waals surface area contributed by atoms with E-state index in [1.54, 1.807) is 0 Å². The lowest BCUT2D eigenvalue weighted by Gasteiger charge is -2.15. The minimum absolute atomic E-state index is 0.446. The Morgan fingerprint density at radius 2 is 1.61 bits per heavy atom. The molecule has 0 aliphatic rings. The first kappa shape index (κ1) is 23.0. The largest absolute Gasteiger partial charge is 0.360 e. The molecule has 0 radical (unpaired) electrons. The van der Waals surface area contributed by atoms with Crippen molar-refractivity contribution in [2.24, 2.45) is 0 Å². The molecule has 0 bridgehead atoms. The van der Waals surface area contributed by atoms with Crippen LogP contribution in [0.1, 0.15) is 22.4 Å². The van der Waals surface area contributed by atoms with Gasteiger partial charge in [0.05, 0.1) is 11.2 Å². The molecule has 4 aromatic rings. The molecule has 168 valence electrons. The van der Waals surface area contributed by atoms with E-state index in [0.29, 0.717) is 6.73 Å². The van der Waals surface area contributed by atoms with Gasteiger partial charge in [-0.1, -0.05) is 99.0 Å². The van der Waals surface area contributed by atoms with Gasteiger partial charge in [0.1, 0.15) is 6.73 Å². The van der Waals surface area contributed by atoms with Crippen LogP contribution >= 0.6 is 0 Å². The number of benzene rings is 3. The summed E-state index contributed by atoms with van der Waals surface area (Å²) in [6.07, 6.45) is 4.19. The standard InChI is InChI=1S/C29H32N2OSi/c1-23(25-13-9-6-10-14-25)26-16-17-27-28(18-15-24-11-7-5-8-12-24)30-31(29(27)21-26)22-32-19-20-33(2,3)4/h5-18,21H,1,19-20,22H2,2-4H3. The van der Waals surface area contributed by atoms with Gasteiger partial charge in [0.2, 0.25) is 0 Å². The van der Waals surface area contributed by atoms with Gasteiger partial charge in [-0.25, -0.2) is 4.68 Å². The minimum Gasteiger partial charge on any atom is -0.360 e. The molecule has 0 amide bonds. The molecule has 3 aromatic carbocycles. The first-order chi connectivity index (χ1) is 15.9. The molecule has 4 heteroatoms. The maximum absolute atomic E-state index is 6.05. The van der Waals surface area contributed by atoms with Gasteiger partial charge in [-0.3, -0.25) is 0 Å². The molecule has 4 rings (SSSR count). The highest BCUT2D eigenvalue weighted by Gasteiger charge is 2.14. The second-order valence-corrected chi connectivity index (χ2v) is 15.2. The van der Waals surface area contributed by atoms with E-state index in [-0.39, 0.29) is 0 Å². The van der Waals surface area contributed by atoms with E-state index in [1.165, 1.54) is 0 Å². The van der Waals surface area contributed by atoms with Crippen molar-refractivity contribution in [3.8, 4) is 0 Å². The number of fused-ring (bicyclic) bond motifs is 1. The van der Waals surface area contributed by atoms with E-state index in [9.17, 15) is 0 Å². The number of hydrogen-bond donors (Lipinski definition) is 0. The summed E-state index contributed by atoms with van der Waals surface area (Å²) in [6, 6.07) is 28.2. The monoisotopic (exact) mass is 452 g/mol. The molecule has 0 aliphatic heterocycles. The Labute approximate surface area is 198 Å². The van der Waals surface area contributed by atoms with Crippen LogP contribution in [0.4, 0.5) is 0 Å². The van der Waals surface area contributed by atoms with Crippen LogP contribution in [-0.4, -0.2) is 24.5 Å². The Morgan fingerprint density at radius 1 is 0.909 bits per heavy atom. The van der Waals surface area contributed by atoms with E-state index in [2.05, 4.69) is 80.8 Å². The Hall–Kier alpha value is -3.21. The van der Waals surface area contributed by atoms with E-state index in [0.717, 1.165) is 51.5 Å². The predicted molar refractivity (Wildman–Crippen MR) is 144 cm³/mol. The van der Waals surface area contributed by atoms with Crippen LogP contribution in [0.2, 0.25) is 25.7 Å². The molecular weight excluding hydrogens is 420 g/mol. The third-order valence-electron chi connectivity index (χ3n) is 5.69. The molecule has 0 atom stereocenters. The summed E-state index contributed by atoms with van der Waals surface area (Å²) in [7, 11) is -1.13. The zero-order chi connectivity index (χ0) is 23.3. The van der Waals surface area contributed by atoms with Crippen molar-refractivity contribution in [3.63, 3.8) is 0 Å². The van der Waals surface area contributed by atoms with Crippen LogP contribution in [0.5, 0.6) is 0 Å². The van der Waals surface area contributed by atoms with Gasteiger partial charge in [-0.15, -0.1) is 0 Å². The van der Waals surface area contributed by atoms with Crippen LogP contribution in [0.15, 0.2) is 85.4 Å². The van der Waals surface area contributed by atoms with Crippen LogP contribution < -0.4 is 0 Å². The number of hydrogen-bond acceptors (Lipinski definition) is 2. The molecular formula is C29H32N2OSi. The molecule has 0 spiro atoms. The van der Waals surface area contributed by atoms with Crippen molar-refractivity contribution in [1.82, 2.24) is 9.78 Å². The lowest BCUT2D eigenvalue weighted by Crippen LogP contribution is -2.22. The highest BCUT2D eigenvalue weighted by Crippen LogP contribution is 2.28. The smallest absolute Gasteiger partial charge is 0.140 e. The summed E-state index contributed by atoms with van der Waals surface area (Å²) in [5.41, 5.74) is 6.38. The lowest BCUT2D eigenvalue weighted by atomic mass is 9.98. The summed E-state index contributed by atoms with van der Waals surface area (Å²) < 4.78 is 8.03. The fourth-order valence-electron chi connectivity index (χ4n) is 3.68. The first-order valence-electron chi connectivity index (χ1n) is 11.5. The maximum Gasteiger partial charge on any atom is 0.140 e. The number of rotatable bonds is 9. The fraction of sp³-hybridized carbons (Fsp3) is 0.207. The van der Waals surface area contributed by atoms with Crippen molar-refractivity contribution in [1.29, 1.82) is 0 Å². The molecule has 33 heavy (non-hydrogen) atoms. The van der Waals surface area contributed by atoms with Gasteiger partial charge in [0, 0.05) is 20.1 Å². The molecule has 0 unspecified atom stereocenters. The SMILES string of the molecule is C=C(c1ccccc1)c1ccc2c(C=Cc3ccccc3)nn(COCC[Si](C)(C)C)c2c1. The first-order valence-corrected chi connectivity index (χ1v) is 15.2. The van der Waals surface area contributed by atoms with Gasteiger partial charge in [0.15, 0.2) is 0 Å². The normalized spacial score (nSPS) is 12.0. The molecule has 0 saturated carbocycles. The zero-order valence-electron chi connectivity index (χ0n) is 19.8. The number of ether oxygens (including phenoxy) is 1. The number of aromatic nitrogens is 2. The third-order valence-corrected chi connectivity index (χ3v) is 7.40. The molecule has 0 fully saturated rings. The summed E-state index contributed by atoms with van der Waals surface area (Å²) in [5, 5.41) is 6.01. The Bertz CT molecular complexity index is 1250. The van der Waals surface area contributed by atoms with Crippen molar-refractivity contribution in [2.45, 2.75) is 32.4 Å². The quantitative estimate of drug-likeness (QED) is 0.193. The Balaban J connectivity index is 1.66. The second-order valence-electron chi connectivity index (χ2n) is 9.55. The van der Waals surface area contributed by atoms with Gasteiger partial charge >= 0.3 is 0 Å². The van der Waals surface area contributed by atoms with Gasteiger partial charge < -0.3 is 4.74 Å². The average molecular weight is 453 g/mol. The zero-order valence-corrected chi connectivity index (χ0v) is 20.8. The summed E-state index contributed by atoms with van der Waals surface area (Å²) in [6.45, 7) is 12.7. The van der Waals surface area contributed by atoms with Crippen LogP contribution in [0.3, 0.4) is 0 Å². The third kappa shape index (κ3) is 5.98. The van der Waals surface area contributed by atoms with Crippen LogP contribution in [0.25, 0.3) is 28.6 Å². The van der Waals surface area contributed by atoms with Crippen molar-refractivity contribution < 1.29 is 4.74 Å². The van der Waals surface area contributed by atoms with Crippen molar-refractivity contribution in [3.05, 3.63) is 108 Å². The second kappa shape index (κ2) is 10.2. The van der Waals surface area contributed by atoms with E-state index in [4.69, 9.17) is 9.84 Å².